The lowest BCUT2D eigenvalue weighted by Crippen LogP contribution is -2.36. The molecule has 6 nitrogen and oxygen atoms in total. The van der Waals surface area contributed by atoms with E-state index in [0.717, 1.165) is 31.2 Å². The van der Waals surface area contributed by atoms with Gasteiger partial charge in [0.15, 0.2) is 0 Å². The molecule has 0 heterocycles. The highest BCUT2D eigenvalue weighted by molar-refractivity contribution is 7.89. The van der Waals surface area contributed by atoms with Gasteiger partial charge in [0, 0.05) is 18.2 Å². The zero-order chi connectivity index (χ0) is 20.7. The van der Waals surface area contributed by atoms with Crippen LogP contribution in [0.1, 0.15) is 48.0 Å². The van der Waals surface area contributed by atoms with E-state index in [-0.39, 0.29) is 29.1 Å². The van der Waals surface area contributed by atoms with E-state index in [4.69, 9.17) is 4.74 Å². The second-order valence-electron chi connectivity index (χ2n) is 7.31. The van der Waals surface area contributed by atoms with Gasteiger partial charge in [-0.1, -0.05) is 49.6 Å². The number of benzene rings is 2. The highest BCUT2D eigenvalue weighted by Gasteiger charge is 2.23. The van der Waals surface area contributed by atoms with E-state index >= 15 is 0 Å². The summed E-state index contributed by atoms with van der Waals surface area (Å²) >= 11 is 0. The molecule has 0 aromatic heterocycles. The smallest absolute Gasteiger partial charge is 0.251 e. The Morgan fingerprint density at radius 1 is 1.07 bits per heavy atom. The SMILES string of the molecule is COc1ccc(C(=O)NC2CCCCC2)cc1S(=O)(=O)NCCc1ccccc1. The van der Waals surface area contributed by atoms with Crippen LogP contribution in [0.3, 0.4) is 0 Å². The Hall–Kier alpha value is -2.38. The number of carbonyl (C=O) groups excluding carboxylic acids is 1. The Bertz CT molecular complexity index is 923. The molecule has 2 aromatic carbocycles. The summed E-state index contributed by atoms with van der Waals surface area (Å²) in [7, 11) is -2.40. The molecule has 0 unspecified atom stereocenters. The van der Waals surface area contributed by atoms with Crippen molar-refractivity contribution >= 4 is 15.9 Å². The summed E-state index contributed by atoms with van der Waals surface area (Å²) in [6.07, 6.45) is 5.93. The second kappa shape index (κ2) is 9.89. The lowest BCUT2D eigenvalue weighted by Gasteiger charge is -2.23. The van der Waals surface area contributed by atoms with Crippen LogP contribution in [0.4, 0.5) is 0 Å². The zero-order valence-electron chi connectivity index (χ0n) is 16.7. The number of methoxy groups -OCH3 is 1. The summed E-state index contributed by atoms with van der Waals surface area (Å²) in [6, 6.07) is 14.3. The number of sulfonamides is 1. The van der Waals surface area contributed by atoms with Crippen molar-refractivity contribution in [2.45, 2.75) is 49.5 Å². The molecule has 29 heavy (non-hydrogen) atoms. The molecular formula is C22H28N2O4S. The van der Waals surface area contributed by atoms with Gasteiger partial charge < -0.3 is 10.1 Å². The van der Waals surface area contributed by atoms with Crippen molar-refractivity contribution in [2.24, 2.45) is 0 Å². The van der Waals surface area contributed by atoms with Crippen molar-refractivity contribution in [2.75, 3.05) is 13.7 Å². The van der Waals surface area contributed by atoms with Crippen LogP contribution in [0.5, 0.6) is 5.75 Å². The van der Waals surface area contributed by atoms with Crippen LogP contribution in [0.15, 0.2) is 53.4 Å². The number of carbonyl (C=O) groups is 1. The quantitative estimate of drug-likeness (QED) is 0.692. The Morgan fingerprint density at radius 3 is 2.48 bits per heavy atom. The number of rotatable bonds is 8. The van der Waals surface area contributed by atoms with Gasteiger partial charge in [0.25, 0.3) is 5.91 Å². The number of hydrogen-bond acceptors (Lipinski definition) is 4. The minimum absolute atomic E-state index is 0.0237. The van der Waals surface area contributed by atoms with Crippen LogP contribution >= 0.6 is 0 Å². The maximum atomic E-state index is 12.8. The minimum Gasteiger partial charge on any atom is -0.495 e. The Balaban J connectivity index is 1.72. The Labute approximate surface area is 172 Å². The maximum Gasteiger partial charge on any atom is 0.251 e. The van der Waals surface area contributed by atoms with E-state index < -0.39 is 10.0 Å². The molecule has 3 rings (SSSR count). The molecule has 0 spiro atoms. The highest BCUT2D eigenvalue weighted by atomic mass is 32.2. The molecule has 2 aromatic rings. The first-order valence-corrected chi connectivity index (χ1v) is 11.5. The van der Waals surface area contributed by atoms with E-state index in [0.29, 0.717) is 12.0 Å². The lowest BCUT2D eigenvalue weighted by atomic mass is 9.95. The summed E-state index contributed by atoms with van der Waals surface area (Å²) in [4.78, 5) is 12.6. The molecule has 0 atom stereocenters. The van der Waals surface area contributed by atoms with Crippen molar-refractivity contribution in [3.63, 3.8) is 0 Å². The molecule has 0 radical (unpaired) electrons. The average Bonchev–Trinajstić information content (AvgIpc) is 2.74. The third-order valence-corrected chi connectivity index (χ3v) is 6.69. The molecule has 0 aliphatic heterocycles. The van der Waals surface area contributed by atoms with Gasteiger partial charge in [-0.15, -0.1) is 0 Å². The Kier molecular flexibility index (Phi) is 7.28. The van der Waals surface area contributed by atoms with Crippen molar-refractivity contribution < 1.29 is 17.9 Å². The molecular weight excluding hydrogens is 388 g/mol. The average molecular weight is 417 g/mol. The number of ether oxygens (including phenoxy) is 1. The molecule has 0 bridgehead atoms. The molecule has 1 fully saturated rings. The lowest BCUT2D eigenvalue weighted by molar-refractivity contribution is 0.0927. The van der Waals surface area contributed by atoms with Crippen LogP contribution in [-0.4, -0.2) is 34.0 Å². The first-order valence-electron chi connectivity index (χ1n) is 10.0. The summed E-state index contributed by atoms with van der Waals surface area (Å²) in [6.45, 7) is 0.258. The molecule has 2 N–H and O–H groups in total. The molecule has 1 saturated carbocycles. The zero-order valence-corrected chi connectivity index (χ0v) is 17.5. The van der Waals surface area contributed by atoms with Gasteiger partial charge in [-0.2, -0.15) is 0 Å². The van der Waals surface area contributed by atoms with Crippen molar-refractivity contribution in [3.8, 4) is 5.75 Å². The van der Waals surface area contributed by atoms with Gasteiger partial charge >= 0.3 is 0 Å². The largest absolute Gasteiger partial charge is 0.495 e. The third kappa shape index (κ3) is 5.81. The van der Waals surface area contributed by atoms with Crippen LogP contribution in [0.2, 0.25) is 0 Å². The Morgan fingerprint density at radius 2 is 1.79 bits per heavy atom. The van der Waals surface area contributed by atoms with Gasteiger partial charge in [-0.25, -0.2) is 13.1 Å². The van der Waals surface area contributed by atoms with Gasteiger partial charge in [0.2, 0.25) is 10.0 Å². The second-order valence-corrected chi connectivity index (χ2v) is 9.04. The minimum atomic E-state index is -3.82. The number of amides is 1. The summed E-state index contributed by atoms with van der Waals surface area (Å²) in [5, 5.41) is 3.02. The molecule has 156 valence electrons. The maximum absolute atomic E-state index is 12.8. The molecule has 0 saturated heterocycles. The van der Waals surface area contributed by atoms with E-state index in [1.807, 2.05) is 30.3 Å². The standard InChI is InChI=1S/C22H28N2O4S/c1-28-20-13-12-18(22(25)24-19-10-6-3-7-11-19)16-21(20)29(26,27)23-15-14-17-8-4-2-5-9-17/h2,4-5,8-9,12-13,16,19,23H,3,6-7,10-11,14-15H2,1H3,(H,24,25). The fraction of sp³-hybridized carbons (Fsp3) is 0.409. The van der Waals surface area contributed by atoms with Crippen molar-refractivity contribution in [1.29, 1.82) is 0 Å². The predicted molar refractivity (Wildman–Crippen MR) is 113 cm³/mol. The van der Waals surface area contributed by atoms with Gasteiger partial charge in [0.05, 0.1) is 7.11 Å². The van der Waals surface area contributed by atoms with Crippen LogP contribution in [-0.2, 0) is 16.4 Å². The van der Waals surface area contributed by atoms with Crippen molar-refractivity contribution in [3.05, 3.63) is 59.7 Å². The van der Waals surface area contributed by atoms with Crippen LogP contribution < -0.4 is 14.8 Å². The summed E-state index contributed by atoms with van der Waals surface area (Å²) in [5.41, 5.74) is 1.36. The summed E-state index contributed by atoms with van der Waals surface area (Å²) < 4.78 is 33.5. The summed E-state index contributed by atoms with van der Waals surface area (Å²) in [5.74, 6) is -0.0354. The molecule has 7 heteroatoms. The highest BCUT2D eigenvalue weighted by Crippen LogP contribution is 2.25. The van der Waals surface area contributed by atoms with Gasteiger partial charge in [-0.3, -0.25) is 4.79 Å². The first-order chi connectivity index (χ1) is 14.0. The fourth-order valence-corrected chi connectivity index (χ4v) is 4.82. The van der Waals surface area contributed by atoms with Crippen molar-refractivity contribution in [1.82, 2.24) is 10.0 Å². The topological polar surface area (TPSA) is 84.5 Å². The third-order valence-electron chi connectivity index (χ3n) is 5.20. The van der Waals surface area contributed by atoms with E-state index in [2.05, 4.69) is 10.0 Å². The predicted octanol–water partition coefficient (Wildman–Crippen LogP) is 3.28. The molecule has 1 amide bonds. The van der Waals surface area contributed by atoms with E-state index in [1.165, 1.54) is 25.7 Å². The molecule has 1 aliphatic carbocycles. The fourth-order valence-electron chi connectivity index (χ4n) is 3.60. The number of nitrogens with one attached hydrogen (secondary N) is 2. The van der Waals surface area contributed by atoms with Gasteiger partial charge in [-0.05, 0) is 43.0 Å². The monoisotopic (exact) mass is 416 g/mol. The van der Waals surface area contributed by atoms with E-state index in [1.54, 1.807) is 6.07 Å². The first kappa shape index (κ1) is 21.3. The van der Waals surface area contributed by atoms with Crippen LogP contribution in [0, 0.1) is 0 Å². The normalized spacial score (nSPS) is 15.1. The van der Waals surface area contributed by atoms with Gasteiger partial charge in [0.1, 0.15) is 10.6 Å². The van der Waals surface area contributed by atoms with E-state index in [9.17, 15) is 13.2 Å². The van der Waals surface area contributed by atoms with Crippen LogP contribution in [0.25, 0.3) is 0 Å². The number of hydrogen-bond donors (Lipinski definition) is 2. The molecule has 1 aliphatic rings.